The Kier molecular flexibility index (Phi) is 5.76. The van der Waals surface area contributed by atoms with E-state index in [2.05, 4.69) is 10.0 Å². The monoisotopic (exact) mass is 448 g/mol. The molecule has 1 atom stereocenters. The minimum absolute atomic E-state index is 0.0212. The third kappa shape index (κ3) is 4.38. The number of carbonyl (C=O) groups excluding carboxylic acids is 1. The van der Waals surface area contributed by atoms with Gasteiger partial charge in [-0.25, -0.2) is 8.42 Å². The number of aryl methyl sites for hydroxylation is 2. The van der Waals surface area contributed by atoms with Gasteiger partial charge in [-0.15, -0.1) is 0 Å². The van der Waals surface area contributed by atoms with E-state index in [-0.39, 0.29) is 16.8 Å². The molecule has 7 heteroatoms. The number of para-hydroxylation sites is 2. The first-order chi connectivity index (χ1) is 15.2. The molecule has 4 rings (SSSR count). The van der Waals surface area contributed by atoms with E-state index in [0.717, 1.165) is 16.5 Å². The van der Waals surface area contributed by atoms with Crippen LogP contribution in [0.2, 0.25) is 0 Å². The zero-order valence-electron chi connectivity index (χ0n) is 18.0. The summed E-state index contributed by atoms with van der Waals surface area (Å²) in [5, 5.41) is 3.86. The predicted octanol–water partition coefficient (Wildman–Crippen LogP) is 5.34. The molecule has 3 aromatic carbocycles. The van der Waals surface area contributed by atoms with Crippen molar-refractivity contribution in [1.29, 1.82) is 0 Å². The number of benzene rings is 3. The van der Waals surface area contributed by atoms with Gasteiger partial charge in [0, 0.05) is 10.9 Å². The molecule has 0 aliphatic rings. The Bertz CT molecular complexity index is 1370. The topological polar surface area (TPSA) is 88.4 Å². The second-order valence-electron chi connectivity index (χ2n) is 7.78. The third-order valence-corrected chi connectivity index (χ3v) is 6.74. The molecular weight excluding hydrogens is 424 g/mol. The van der Waals surface area contributed by atoms with Crippen molar-refractivity contribution < 1.29 is 17.6 Å². The highest BCUT2D eigenvalue weighted by molar-refractivity contribution is 7.92. The van der Waals surface area contributed by atoms with Gasteiger partial charge in [0.25, 0.3) is 15.9 Å². The van der Waals surface area contributed by atoms with Crippen LogP contribution in [0.1, 0.15) is 40.2 Å². The van der Waals surface area contributed by atoms with Gasteiger partial charge in [-0.1, -0.05) is 42.5 Å². The molecule has 1 amide bonds. The molecule has 4 aromatic rings. The zero-order chi connectivity index (χ0) is 22.9. The second-order valence-corrected chi connectivity index (χ2v) is 9.46. The van der Waals surface area contributed by atoms with Gasteiger partial charge >= 0.3 is 0 Å². The van der Waals surface area contributed by atoms with Gasteiger partial charge in [-0.05, 0) is 62.2 Å². The molecule has 6 nitrogen and oxygen atoms in total. The van der Waals surface area contributed by atoms with Gasteiger partial charge in [-0.2, -0.15) is 0 Å². The van der Waals surface area contributed by atoms with Gasteiger partial charge in [0.05, 0.1) is 16.6 Å². The Hall–Kier alpha value is -3.58. The van der Waals surface area contributed by atoms with Crippen molar-refractivity contribution in [2.75, 3.05) is 4.72 Å². The van der Waals surface area contributed by atoms with Crippen molar-refractivity contribution >= 4 is 32.6 Å². The summed E-state index contributed by atoms with van der Waals surface area (Å²) < 4.78 is 34.3. The lowest BCUT2D eigenvalue weighted by Crippen LogP contribution is -2.27. The van der Waals surface area contributed by atoms with Crippen molar-refractivity contribution in [3.63, 3.8) is 0 Å². The third-order valence-electron chi connectivity index (χ3n) is 5.37. The molecular formula is C25H24N2O4S. The summed E-state index contributed by atoms with van der Waals surface area (Å²) in [4.78, 5) is 13.0. The van der Waals surface area contributed by atoms with Crippen LogP contribution in [0.5, 0.6) is 0 Å². The lowest BCUT2D eigenvalue weighted by atomic mass is 10.1. The number of amides is 1. The van der Waals surface area contributed by atoms with Crippen LogP contribution in [0.4, 0.5) is 5.69 Å². The van der Waals surface area contributed by atoms with Crippen LogP contribution in [0.3, 0.4) is 0 Å². The van der Waals surface area contributed by atoms with Crippen LogP contribution in [0.25, 0.3) is 11.0 Å². The van der Waals surface area contributed by atoms with Gasteiger partial charge in [0.1, 0.15) is 11.3 Å². The number of rotatable bonds is 6. The van der Waals surface area contributed by atoms with Crippen molar-refractivity contribution in [2.45, 2.75) is 31.7 Å². The van der Waals surface area contributed by atoms with Crippen molar-refractivity contribution in [2.24, 2.45) is 0 Å². The molecule has 1 unspecified atom stereocenters. The molecule has 164 valence electrons. The Morgan fingerprint density at radius 3 is 2.38 bits per heavy atom. The number of anilines is 1. The summed E-state index contributed by atoms with van der Waals surface area (Å²) in [5.74, 6) is 0.255. The minimum atomic E-state index is -3.86. The zero-order valence-corrected chi connectivity index (χ0v) is 18.9. The second kappa shape index (κ2) is 8.51. The first kappa shape index (κ1) is 21.6. The molecule has 1 aromatic heterocycles. The summed E-state index contributed by atoms with van der Waals surface area (Å²) >= 11 is 0. The minimum Gasteiger partial charge on any atom is -0.459 e. The van der Waals surface area contributed by atoms with Gasteiger partial charge in [0.15, 0.2) is 0 Å². The number of hydrogen-bond donors (Lipinski definition) is 2. The van der Waals surface area contributed by atoms with Gasteiger partial charge in [-0.3, -0.25) is 9.52 Å². The van der Waals surface area contributed by atoms with Crippen molar-refractivity contribution in [3.8, 4) is 0 Å². The fourth-order valence-corrected chi connectivity index (χ4v) is 4.62. The number of nitrogens with one attached hydrogen (secondary N) is 2. The summed E-state index contributed by atoms with van der Waals surface area (Å²) in [7, 11) is -3.86. The molecule has 0 bridgehead atoms. The van der Waals surface area contributed by atoms with E-state index >= 15 is 0 Å². The van der Waals surface area contributed by atoms with E-state index in [1.807, 2.05) is 56.3 Å². The Labute approximate surface area is 187 Å². The normalized spacial score (nSPS) is 12.5. The smallest absolute Gasteiger partial charge is 0.261 e. The van der Waals surface area contributed by atoms with Crippen molar-refractivity contribution in [1.82, 2.24) is 5.32 Å². The van der Waals surface area contributed by atoms with E-state index < -0.39 is 10.0 Å². The number of fused-ring (bicyclic) bond motifs is 1. The number of carbonyl (C=O) groups is 1. The summed E-state index contributed by atoms with van der Waals surface area (Å²) in [6.45, 7) is 5.42. The molecule has 1 heterocycles. The number of sulfonamides is 1. The van der Waals surface area contributed by atoms with E-state index in [0.29, 0.717) is 22.6 Å². The highest BCUT2D eigenvalue weighted by atomic mass is 32.2. The fraction of sp³-hybridized carbons (Fsp3) is 0.160. The SMILES string of the molecule is Cc1ccccc1NS(=O)(=O)c1ccc(C)c(C(=O)NC(C)c2cc3ccccc3o2)c1. The van der Waals surface area contributed by atoms with Crippen LogP contribution in [0, 0.1) is 13.8 Å². The predicted molar refractivity (Wildman–Crippen MR) is 125 cm³/mol. The molecule has 32 heavy (non-hydrogen) atoms. The highest BCUT2D eigenvalue weighted by Gasteiger charge is 2.21. The maximum atomic E-state index is 13.0. The van der Waals surface area contributed by atoms with Gasteiger partial charge in [0.2, 0.25) is 0 Å². The van der Waals surface area contributed by atoms with Crippen LogP contribution in [0.15, 0.2) is 82.1 Å². The van der Waals surface area contributed by atoms with Gasteiger partial charge < -0.3 is 9.73 Å². The van der Waals surface area contributed by atoms with Crippen LogP contribution >= 0.6 is 0 Å². The average molecular weight is 449 g/mol. The highest BCUT2D eigenvalue weighted by Crippen LogP contribution is 2.25. The molecule has 0 spiro atoms. The average Bonchev–Trinajstić information content (AvgIpc) is 3.20. The Balaban J connectivity index is 1.57. The van der Waals surface area contributed by atoms with E-state index in [4.69, 9.17) is 4.42 Å². The molecule has 0 aliphatic heterocycles. The van der Waals surface area contributed by atoms with E-state index in [9.17, 15) is 13.2 Å². The molecule has 0 saturated heterocycles. The molecule has 2 N–H and O–H groups in total. The van der Waals surface area contributed by atoms with Crippen LogP contribution in [-0.2, 0) is 10.0 Å². The summed E-state index contributed by atoms with van der Waals surface area (Å²) in [5.41, 5.74) is 3.02. The summed E-state index contributed by atoms with van der Waals surface area (Å²) in [6.07, 6.45) is 0. The quantitative estimate of drug-likeness (QED) is 0.417. The summed E-state index contributed by atoms with van der Waals surface area (Å²) in [6, 6.07) is 20.8. The first-order valence-electron chi connectivity index (χ1n) is 10.2. The molecule has 0 fully saturated rings. The van der Waals surface area contributed by atoms with E-state index in [1.165, 1.54) is 12.1 Å². The van der Waals surface area contributed by atoms with E-state index in [1.54, 1.807) is 25.1 Å². The van der Waals surface area contributed by atoms with Crippen LogP contribution in [-0.4, -0.2) is 14.3 Å². The first-order valence-corrected chi connectivity index (χ1v) is 11.7. The standard InChI is InChI=1S/C25H24N2O4S/c1-16-12-13-20(32(29,30)27-22-10-6-4-8-17(22)2)15-21(16)25(28)26-18(3)24-14-19-9-5-7-11-23(19)31-24/h4-15,18,27H,1-3H3,(H,26,28). The fourth-order valence-electron chi connectivity index (χ4n) is 3.47. The maximum Gasteiger partial charge on any atom is 0.261 e. The Morgan fingerprint density at radius 2 is 1.62 bits per heavy atom. The molecule has 0 aliphatic carbocycles. The number of hydrogen-bond acceptors (Lipinski definition) is 4. The molecule has 0 saturated carbocycles. The van der Waals surface area contributed by atoms with Crippen LogP contribution < -0.4 is 10.0 Å². The number of furan rings is 1. The largest absolute Gasteiger partial charge is 0.459 e. The lowest BCUT2D eigenvalue weighted by Gasteiger charge is -2.15. The molecule has 0 radical (unpaired) electrons. The van der Waals surface area contributed by atoms with Crippen molar-refractivity contribution in [3.05, 3.63) is 95.2 Å². The Morgan fingerprint density at radius 1 is 0.906 bits per heavy atom. The maximum absolute atomic E-state index is 13.0. The lowest BCUT2D eigenvalue weighted by molar-refractivity contribution is 0.0935.